The maximum atomic E-state index is 10.8. The minimum Gasteiger partial charge on any atom is -0.396 e. The van der Waals surface area contributed by atoms with Crippen LogP contribution < -0.4 is 0 Å². The molecule has 180 valence electrons. The van der Waals surface area contributed by atoms with E-state index in [1.165, 1.54) is 18.4 Å². The lowest BCUT2D eigenvalue weighted by molar-refractivity contribution is -0.0852. The van der Waals surface area contributed by atoms with E-state index in [2.05, 4.69) is 66.7 Å². The predicted molar refractivity (Wildman–Crippen MR) is 134 cm³/mol. The third kappa shape index (κ3) is 3.34. The number of fused-ring (bicyclic) bond motifs is 5. The highest BCUT2D eigenvalue weighted by Gasteiger charge is 2.63. The molecular weight excluding hydrogens is 392 g/mol. The van der Waals surface area contributed by atoms with Gasteiger partial charge in [-0.3, -0.25) is 0 Å². The molecule has 0 amide bonds. The Morgan fingerprint density at radius 3 is 2.44 bits per heavy atom. The third-order valence-electron chi connectivity index (χ3n) is 11.2. The fraction of sp³-hybridized carbons (Fsp3) is 0.800. The van der Waals surface area contributed by atoms with E-state index in [-0.39, 0.29) is 27.8 Å². The van der Waals surface area contributed by atoms with Crippen molar-refractivity contribution >= 4 is 0 Å². The Bertz CT molecular complexity index is 828. The number of allylic oxidation sites excluding steroid dienone is 6. The molecule has 0 aromatic carbocycles. The van der Waals surface area contributed by atoms with Gasteiger partial charge in [0.25, 0.3) is 0 Å². The fourth-order valence-corrected chi connectivity index (χ4v) is 8.79. The summed E-state index contributed by atoms with van der Waals surface area (Å²) in [6, 6.07) is 0. The summed E-state index contributed by atoms with van der Waals surface area (Å²) in [5.41, 5.74) is 5.16. The molecule has 0 saturated heterocycles. The first-order valence-corrected chi connectivity index (χ1v) is 13.3. The fourth-order valence-electron chi connectivity index (χ4n) is 8.79. The zero-order valence-electron chi connectivity index (χ0n) is 21.8. The summed E-state index contributed by atoms with van der Waals surface area (Å²) < 4.78 is 0. The van der Waals surface area contributed by atoms with E-state index >= 15 is 0 Å². The Labute approximate surface area is 197 Å². The number of hydrogen-bond acceptors (Lipinski definition) is 2. The third-order valence-corrected chi connectivity index (χ3v) is 11.2. The van der Waals surface area contributed by atoms with E-state index in [0.717, 1.165) is 38.5 Å². The van der Waals surface area contributed by atoms with Crippen LogP contribution in [0, 0.1) is 39.4 Å². The van der Waals surface area contributed by atoms with Crippen molar-refractivity contribution in [3.05, 3.63) is 34.9 Å². The number of rotatable bonds is 5. The van der Waals surface area contributed by atoms with Crippen LogP contribution >= 0.6 is 0 Å². The van der Waals surface area contributed by atoms with E-state index < -0.39 is 0 Å². The lowest BCUT2D eigenvalue weighted by Gasteiger charge is -2.61. The van der Waals surface area contributed by atoms with Crippen molar-refractivity contribution in [1.29, 1.82) is 0 Å². The summed E-state index contributed by atoms with van der Waals surface area (Å²) in [5, 5.41) is 21.2. The Balaban J connectivity index is 1.67. The summed E-state index contributed by atoms with van der Waals surface area (Å²) in [4.78, 5) is 0. The minimum absolute atomic E-state index is 0.0390. The van der Waals surface area contributed by atoms with Crippen molar-refractivity contribution in [2.24, 2.45) is 39.4 Å². The van der Waals surface area contributed by atoms with Crippen LogP contribution in [0.2, 0.25) is 0 Å². The smallest absolute Gasteiger partial charge is 0.0594 e. The van der Waals surface area contributed by atoms with Crippen molar-refractivity contribution in [1.82, 2.24) is 0 Å². The quantitative estimate of drug-likeness (QED) is 0.443. The molecule has 0 heterocycles. The summed E-state index contributed by atoms with van der Waals surface area (Å²) in [5.74, 6) is 1.48. The van der Waals surface area contributed by atoms with E-state index in [0.29, 0.717) is 24.4 Å². The second-order valence-electron chi connectivity index (χ2n) is 13.2. The molecule has 0 spiro atoms. The summed E-state index contributed by atoms with van der Waals surface area (Å²) in [6.07, 6.45) is 16.2. The zero-order valence-corrected chi connectivity index (χ0v) is 21.8. The molecule has 2 N–H and O–H groups in total. The van der Waals surface area contributed by atoms with Crippen molar-refractivity contribution in [3.8, 4) is 0 Å². The topological polar surface area (TPSA) is 40.5 Å². The van der Waals surface area contributed by atoms with Crippen LogP contribution in [0.5, 0.6) is 0 Å². The molecule has 32 heavy (non-hydrogen) atoms. The van der Waals surface area contributed by atoms with Crippen LogP contribution in [0.1, 0.15) is 99.8 Å². The molecule has 2 saturated carbocycles. The molecule has 2 nitrogen and oxygen atoms in total. The van der Waals surface area contributed by atoms with Crippen molar-refractivity contribution in [3.63, 3.8) is 0 Å². The van der Waals surface area contributed by atoms with Crippen LogP contribution in [0.15, 0.2) is 34.9 Å². The van der Waals surface area contributed by atoms with Crippen molar-refractivity contribution in [2.75, 3.05) is 6.61 Å². The molecule has 4 aliphatic rings. The molecule has 0 aromatic heterocycles. The Hall–Kier alpha value is -0.860. The normalized spacial score (nSPS) is 43.3. The molecule has 0 unspecified atom stereocenters. The average Bonchev–Trinajstić information content (AvgIpc) is 3.00. The summed E-state index contributed by atoms with van der Waals surface area (Å²) >= 11 is 0. The molecule has 0 bridgehead atoms. The van der Waals surface area contributed by atoms with Gasteiger partial charge < -0.3 is 10.2 Å². The zero-order chi connectivity index (χ0) is 23.5. The molecule has 0 aromatic rings. The lowest BCUT2D eigenvalue weighted by atomic mass is 9.44. The molecular formula is C30H48O2. The van der Waals surface area contributed by atoms with Gasteiger partial charge in [0.15, 0.2) is 0 Å². The Morgan fingerprint density at radius 2 is 1.78 bits per heavy atom. The van der Waals surface area contributed by atoms with E-state index in [4.69, 9.17) is 0 Å². The van der Waals surface area contributed by atoms with Gasteiger partial charge in [-0.15, -0.1) is 0 Å². The van der Waals surface area contributed by atoms with Gasteiger partial charge in [0, 0.05) is 6.61 Å². The monoisotopic (exact) mass is 440 g/mol. The van der Waals surface area contributed by atoms with E-state index in [9.17, 15) is 10.2 Å². The van der Waals surface area contributed by atoms with Crippen LogP contribution in [0.25, 0.3) is 0 Å². The summed E-state index contributed by atoms with van der Waals surface area (Å²) in [7, 11) is 0. The van der Waals surface area contributed by atoms with Crippen molar-refractivity contribution in [2.45, 2.75) is 106 Å². The predicted octanol–water partition coefficient (Wildman–Crippen LogP) is 7.23. The van der Waals surface area contributed by atoms with E-state index in [1.54, 1.807) is 11.1 Å². The molecule has 0 aliphatic heterocycles. The van der Waals surface area contributed by atoms with Crippen LogP contribution in [0.4, 0.5) is 0 Å². The second kappa shape index (κ2) is 8.12. The highest BCUT2D eigenvalue weighted by Crippen LogP contribution is 2.71. The van der Waals surface area contributed by atoms with Gasteiger partial charge in [0.1, 0.15) is 0 Å². The van der Waals surface area contributed by atoms with Crippen molar-refractivity contribution < 1.29 is 10.2 Å². The molecule has 4 aliphatic carbocycles. The molecule has 7 atom stereocenters. The van der Waals surface area contributed by atoms with Crippen LogP contribution in [-0.4, -0.2) is 22.9 Å². The number of aliphatic hydroxyl groups is 2. The standard InChI is InChI=1S/C30H48O2/c1-20(2)9-8-10-21(19-31)22-13-17-30(7)24-11-12-25-27(3,4)26(32)15-16-28(25,5)23(24)14-18-29(22,30)6/h9,11,14,21-22,25-26,31-32H,8,10,12-13,15-19H2,1-7H3/t21-,22+,25-,26-,28+,29+,30-/m0/s1. The first-order chi connectivity index (χ1) is 14.9. The van der Waals surface area contributed by atoms with Gasteiger partial charge in [-0.05, 0) is 116 Å². The van der Waals surface area contributed by atoms with Gasteiger partial charge in [0.05, 0.1) is 6.10 Å². The number of hydrogen-bond donors (Lipinski definition) is 2. The maximum absolute atomic E-state index is 10.8. The average molecular weight is 441 g/mol. The highest BCUT2D eigenvalue weighted by molar-refractivity contribution is 5.49. The maximum Gasteiger partial charge on any atom is 0.0594 e. The highest BCUT2D eigenvalue weighted by atomic mass is 16.3. The van der Waals surface area contributed by atoms with Gasteiger partial charge in [-0.1, -0.05) is 58.4 Å². The van der Waals surface area contributed by atoms with Crippen LogP contribution in [-0.2, 0) is 0 Å². The molecule has 4 rings (SSSR count). The first kappa shape index (κ1) is 24.3. The van der Waals surface area contributed by atoms with Gasteiger partial charge in [0.2, 0.25) is 0 Å². The Kier molecular flexibility index (Phi) is 6.16. The SMILES string of the molecule is CC(C)=CCC[C@@H](CO)[C@H]1CC[C@@]2(C)C3=CC[C@H]4C(C)(C)[C@@H](O)CC[C@]4(C)C3=CC[C@]12C. The van der Waals surface area contributed by atoms with Gasteiger partial charge in [-0.2, -0.15) is 0 Å². The molecule has 2 fully saturated rings. The van der Waals surface area contributed by atoms with Gasteiger partial charge in [-0.25, -0.2) is 0 Å². The number of aliphatic hydroxyl groups excluding tert-OH is 2. The van der Waals surface area contributed by atoms with E-state index in [1.807, 2.05) is 0 Å². The largest absolute Gasteiger partial charge is 0.396 e. The minimum atomic E-state index is -0.192. The first-order valence-electron chi connectivity index (χ1n) is 13.3. The second-order valence-corrected chi connectivity index (χ2v) is 13.2. The summed E-state index contributed by atoms with van der Waals surface area (Å²) in [6.45, 7) is 16.8. The molecule has 2 heteroatoms. The Morgan fingerprint density at radius 1 is 1.06 bits per heavy atom. The molecule has 0 radical (unpaired) electrons. The van der Waals surface area contributed by atoms with Crippen LogP contribution in [0.3, 0.4) is 0 Å². The lowest BCUT2D eigenvalue weighted by Crippen LogP contribution is -2.54. The van der Waals surface area contributed by atoms with Gasteiger partial charge >= 0.3 is 0 Å².